The van der Waals surface area contributed by atoms with Gasteiger partial charge in [0.2, 0.25) is 0 Å². The molecule has 0 aliphatic rings. The summed E-state index contributed by atoms with van der Waals surface area (Å²) in [7, 11) is 0. The van der Waals surface area contributed by atoms with Crippen molar-refractivity contribution in [3.63, 3.8) is 0 Å². The highest BCUT2D eigenvalue weighted by Crippen LogP contribution is 2.28. The molecule has 1 aromatic heterocycles. The lowest BCUT2D eigenvalue weighted by molar-refractivity contribution is 0.481. The van der Waals surface area contributed by atoms with Crippen LogP contribution in [0.3, 0.4) is 0 Å². The monoisotopic (exact) mass is 225 g/mol. The van der Waals surface area contributed by atoms with Crippen LogP contribution in [0.1, 0.15) is 5.56 Å². The molecule has 17 heavy (non-hydrogen) atoms. The molecular formula is C14H11NO2. The van der Waals surface area contributed by atoms with Crippen molar-refractivity contribution in [1.29, 1.82) is 0 Å². The van der Waals surface area contributed by atoms with Gasteiger partial charge in [0.25, 0.3) is 5.56 Å². The molecule has 3 nitrogen and oxygen atoms in total. The highest BCUT2D eigenvalue weighted by Gasteiger charge is 2.09. The standard InChI is InChI=1S/C14H11NO2/c1-8-6-10-9-4-2-3-5-11(9)15-14(17)13(10)12(16)7-8/h2-7,16H,1H3,(H,15,17). The number of nitrogens with one attached hydrogen (secondary N) is 1. The number of hydrogen-bond acceptors (Lipinski definition) is 2. The van der Waals surface area contributed by atoms with Crippen LogP contribution in [0.15, 0.2) is 41.2 Å². The van der Waals surface area contributed by atoms with Crippen molar-refractivity contribution < 1.29 is 5.11 Å². The Labute approximate surface area is 97.3 Å². The molecule has 0 aliphatic heterocycles. The molecular weight excluding hydrogens is 214 g/mol. The smallest absolute Gasteiger partial charge is 0.260 e. The summed E-state index contributed by atoms with van der Waals surface area (Å²) in [5.74, 6) is 0.0343. The number of H-pyrrole nitrogens is 1. The first-order chi connectivity index (χ1) is 8.16. The Morgan fingerprint density at radius 1 is 1.12 bits per heavy atom. The zero-order valence-electron chi connectivity index (χ0n) is 9.32. The van der Waals surface area contributed by atoms with Gasteiger partial charge in [-0.15, -0.1) is 0 Å². The fourth-order valence-corrected chi connectivity index (χ4v) is 2.23. The van der Waals surface area contributed by atoms with E-state index in [9.17, 15) is 9.90 Å². The molecule has 1 heterocycles. The topological polar surface area (TPSA) is 53.1 Å². The van der Waals surface area contributed by atoms with Crippen molar-refractivity contribution in [3.05, 3.63) is 52.3 Å². The first kappa shape index (κ1) is 9.90. The van der Waals surface area contributed by atoms with Gasteiger partial charge in [-0.1, -0.05) is 24.3 Å². The second-order valence-electron chi connectivity index (χ2n) is 4.21. The van der Waals surface area contributed by atoms with Gasteiger partial charge in [0, 0.05) is 16.3 Å². The van der Waals surface area contributed by atoms with Gasteiger partial charge in [0.15, 0.2) is 0 Å². The Bertz CT molecular complexity index is 787. The number of aromatic amines is 1. The Kier molecular flexibility index (Phi) is 1.95. The Hall–Kier alpha value is -2.29. The number of pyridine rings is 1. The second-order valence-corrected chi connectivity index (χ2v) is 4.21. The predicted octanol–water partition coefficient (Wildman–Crippen LogP) is 2.70. The predicted molar refractivity (Wildman–Crippen MR) is 68.5 cm³/mol. The molecule has 3 heteroatoms. The van der Waals surface area contributed by atoms with E-state index in [4.69, 9.17) is 0 Å². The number of benzene rings is 2. The molecule has 0 spiro atoms. The second kappa shape index (κ2) is 3.35. The summed E-state index contributed by atoms with van der Waals surface area (Å²) in [6.45, 7) is 1.90. The van der Waals surface area contributed by atoms with Crippen LogP contribution >= 0.6 is 0 Å². The zero-order valence-corrected chi connectivity index (χ0v) is 9.32. The van der Waals surface area contributed by atoms with Crippen molar-refractivity contribution in [3.8, 4) is 5.75 Å². The molecule has 2 N–H and O–H groups in total. The van der Waals surface area contributed by atoms with Gasteiger partial charge in [-0.05, 0) is 24.6 Å². The lowest BCUT2D eigenvalue weighted by atomic mass is 10.0. The van der Waals surface area contributed by atoms with Gasteiger partial charge in [0.1, 0.15) is 5.75 Å². The number of hydrogen-bond donors (Lipinski definition) is 2. The van der Waals surface area contributed by atoms with E-state index in [-0.39, 0.29) is 11.3 Å². The normalized spacial score (nSPS) is 11.1. The summed E-state index contributed by atoms with van der Waals surface area (Å²) >= 11 is 0. The van der Waals surface area contributed by atoms with Crippen LogP contribution in [0.2, 0.25) is 0 Å². The van der Waals surface area contributed by atoms with Crippen molar-refractivity contribution >= 4 is 21.7 Å². The molecule has 2 aromatic carbocycles. The fraction of sp³-hybridized carbons (Fsp3) is 0.0714. The molecule has 0 bridgehead atoms. The minimum atomic E-state index is -0.254. The maximum absolute atomic E-state index is 11.9. The summed E-state index contributed by atoms with van der Waals surface area (Å²) < 4.78 is 0. The molecule has 3 aromatic rings. The molecule has 0 saturated carbocycles. The minimum Gasteiger partial charge on any atom is -0.507 e. The summed E-state index contributed by atoms with van der Waals surface area (Å²) in [5, 5.41) is 12.0. The summed E-state index contributed by atoms with van der Waals surface area (Å²) in [6, 6.07) is 11.1. The summed E-state index contributed by atoms with van der Waals surface area (Å²) in [4.78, 5) is 14.7. The number of phenolic OH excluding ortho intramolecular Hbond substituents is 1. The summed E-state index contributed by atoms with van der Waals surface area (Å²) in [5.41, 5.74) is 1.47. The minimum absolute atomic E-state index is 0.0343. The number of aromatic hydroxyl groups is 1. The van der Waals surface area contributed by atoms with E-state index in [1.54, 1.807) is 6.07 Å². The van der Waals surface area contributed by atoms with E-state index in [2.05, 4.69) is 4.98 Å². The molecule has 0 atom stereocenters. The molecule has 0 amide bonds. The average Bonchev–Trinajstić information content (AvgIpc) is 2.28. The maximum atomic E-state index is 11.9. The molecule has 84 valence electrons. The Morgan fingerprint density at radius 3 is 2.71 bits per heavy atom. The van der Waals surface area contributed by atoms with Crippen molar-refractivity contribution in [2.45, 2.75) is 6.92 Å². The SMILES string of the molecule is Cc1cc(O)c2c(=O)[nH]c3ccccc3c2c1. The van der Waals surface area contributed by atoms with Gasteiger partial charge in [-0.25, -0.2) is 0 Å². The third-order valence-corrected chi connectivity index (χ3v) is 2.95. The van der Waals surface area contributed by atoms with Crippen LogP contribution in [0.5, 0.6) is 5.75 Å². The lowest BCUT2D eigenvalue weighted by Crippen LogP contribution is -2.06. The quantitative estimate of drug-likeness (QED) is 0.578. The van der Waals surface area contributed by atoms with E-state index in [1.165, 1.54) is 0 Å². The number of para-hydroxylation sites is 1. The number of aromatic nitrogens is 1. The van der Waals surface area contributed by atoms with E-state index < -0.39 is 0 Å². The van der Waals surface area contributed by atoms with Crippen molar-refractivity contribution in [2.75, 3.05) is 0 Å². The number of aryl methyl sites for hydroxylation is 1. The van der Waals surface area contributed by atoms with E-state index in [0.29, 0.717) is 5.39 Å². The van der Waals surface area contributed by atoms with Gasteiger partial charge in [-0.2, -0.15) is 0 Å². The van der Waals surface area contributed by atoms with Crippen LogP contribution in [0.4, 0.5) is 0 Å². The lowest BCUT2D eigenvalue weighted by Gasteiger charge is -2.06. The van der Waals surface area contributed by atoms with E-state index >= 15 is 0 Å². The first-order valence-corrected chi connectivity index (χ1v) is 5.41. The third-order valence-electron chi connectivity index (χ3n) is 2.95. The number of fused-ring (bicyclic) bond motifs is 3. The first-order valence-electron chi connectivity index (χ1n) is 5.41. The molecule has 0 radical (unpaired) electrons. The third kappa shape index (κ3) is 1.40. The van der Waals surface area contributed by atoms with Gasteiger partial charge < -0.3 is 10.1 Å². The maximum Gasteiger partial charge on any atom is 0.260 e. The van der Waals surface area contributed by atoms with Gasteiger partial charge >= 0.3 is 0 Å². The molecule has 0 aliphatic carbocycles. The molecule has 0 fully saturated rings. The highest BCUT2D eigenvalue weighted by atomic mass is 16.3. The van der Waals surface area contributed by atoms with Crippen LogP contribution in [0, 0.1) is 6.92 Å². The van der Waals surface area contributed by atoms with E-state index in [0.717, 1.165) is 21.9 Å². The van der Waals surface area contributed by atoms with Crippen LogP contribution in [-0.4, -0.2) is 10.1 Å². The average molecular weight is 225 g/mol. The van der Waals surface area contributed by atoms with Crippen LogP contribution in [-0.2, 0) is 0 Å². The largest absolute Gasteiger partial charge is 0.507 e. The van der Waals surface area contributed by atoms with Crippen LogP contribution in [0.25, 0.3) is 21.7 Å². The number of rotatable bonds is 0. The fourth-order valence-electron chi connectivity index (χ4n) is 2.23. The zero-order chi connectivity index (χ0) is 12.0. The van der Waals surface area contributed by atoms with Crippen molar-refractivity contribution in [2.24, 2.45) is 0 Å². The molecule has 0 saturated heterocycles. The number of phenols is 1. The van der Waals surface area contributed by atoms with Gasteiger partial charge in [0.05, 0.1) is 5.39 Å². The van der Waals surface area contributed by atoms with Crippen LogP contribution < -0.4 is 5.56 Å². The van der Waals surface area contributed by atoms with Crippen molar-refractivity contribution in [1.82, 2.24) is 4.98 Å². The molecule has 3 rings (SSSR count). The Balaban J connectivity index is 2.70. The Morgan fingerprint density at radius 2 is 1.88 bits per heavy atom. The summed E-state index contributed by atoms with van der Waals surface area (Å²) in [6.07, 6.45) is 0. The van der Waals surface area contributed by atoms with Gasteiger partial charge in [-0.3, -0.25) is 4.79 Å². The highest BCUT2D eigenvalue weighted by molar-refractivity contribution is 6.07. The van der Waals surface area contributed by atoms with E-state index in [1.807, 2.05) is 37.3 Å². The molecule has 0 unspecified atom stereocenters.